The quantitative estimate of drug-likeness (QED) is 0.285. The molecule has 4 atom stereocenters. The van der Waals surface area contributed by atoms with Gasteiger partial charge < -0.3 is 9.64 Å². The summed E-state index contributed by atoms with van der Waals surface area (Å²) in [7, 11) is 1.56. The van der Waals surface area contributed by atoms with Crippen LogP contribution in [-0.2, 0) is 20.8 Å². The fourth-order valence-electron chi connectivity index (χ4n) is 6.82. The maximum absolute atomic E-state index is 14.8. The van der Waals surface area contributed by atoms with Gasteiger partial charge in [0.05, 0.1) is 30.7 Å². The summed E-state index contributed by atoms with van der Waals surface area (Å²) in [6, 6.07) is 22.1. The van der Waals surface area contributed by atoms with Crippen molar-refractivity contribution >= 4 is 45.4 Å². The van der Waals surface area contributed by atoms with Crippen molar-refractivity contribution in [1.29, 1.82) is 0 Å². The van der Waals surface area contributed by atoms with Crippen LogP contribution in [0, 0.1) is 11.8 Å². The molecule has 3 aliphatic heterocycles. The minimum atomic E-state index is -1.61. The van der Waals surface area contributed by atoms with Crippen LogP contribution in [0.25, 0.3) is 0 Å². The Morgan fingerprint density at radius 3 is 2.17 bits per heavy atom. The Hall–Kier alpha value is -3.98. The van der Waals surface area contributed by atoms with E-state index in [2.05, 4.69) is 15.9 Å². The van der Waals surface area contributed by atoms with E-state index in [1.165, 1.54) is 9.80 Å². The van der Waals surface area contributed by atoms with E-state index in [0.717, 1.165) is 10.5 Å². The number of methoxy groups -OCH3 is 1. The summed E-state index contributed by atoms with van der Waals surface area (Å²) in [6.45, 7) is 5.43. The number of carbonyl (C=O) groups excluding carboxylic acids is 4. The molecule has 3 heterocycles. The zero-order valence-corrected chi connectivity index (χ0v) is 24.8. The average molecular weight is 617 g/mol. The highest BCUT2D eigenvalue weighted by molar-refractivity contribution is 9.10. The fourth-order valence-corrected chi connectivity index (χ4v) is 7.21. The third-order valence-electron chi connectivity index (χ3n) is 8.40. The summed E-state index contributed by atoms with van der Waals surface area (Å²) in [5, 5.41) is 0. The second-order valence-corrected chi connectivity index (χ2v) is 12.7. The Kier molecular flexibility index (Phi) is 6.33. The van der Waals surface area contributed by atoms with Crippen LogP contribution in [0.2, 0.25) is 0 Å². The first kappa shape index (κ1) is 27.2. The number of halogens is 1. The minimum absolute atomic E-state index is 0.0910. The van der Waals surface area contributed by atoms with E-state index in [1.54, 1.807) is 49.6 Å². The largest absolute Gasteiger partial charge is 0.497 e. The van der Waals surface area contributed by atoms with E-state index in [9.17, 15) is 19.2 Å². The summed E-state index contributed by atoms with van der Waals surface area (Å²) in [5.74, 6) is -2.67. The molecule has 8 nitrogen and oxygen atoms in total. The third kappa shape index (κ3) is 3.93. The van der Waals surface area contributed by atoms with Gasteiger partial charge in [-0.25, -0.2) is 9.69 Å². The predicted molar refractivity (Wildman–Crippen MR) is 156 cm³/mol. The Bertz CT molecular complexity index is 1570. The molecule has 3 aliphatic rings. The average Bonchev–Trinajstić information content (AvgIpc) is 3.46. The normalized spacial score (nSPS) is 25.7. The number of anilines is 1. The lowest BCUT2D eigenvalue weighted by molar-refractivity contribution is -0.149. The van der Waals surface area contributed by atoms with Crippen LogP contribution in [0.1, 0.15) is 37.9 Å². The highest BCUT2D eigenvalue weighted by Gasteiger charge is 2.77. The van der Waals surface area contributed by atoms with Crippen molar-refractivity contribution in [3.8, 4) is 5.75 Å². The first-order valence-electron chi connectivity index (χ1n) is 13.5. The smallest absolute Gasteiger partial charge is 0.332 e. The number of urea groups is 1. The summed E-state index contributed by atoms with van der Waals surface area (Å²) in [4.78, 5) is 61.9. The predicted octanol–water partition coefficient (Wildman–Crippen LogP) is 5.36. The summed E-state index contributed by atoms with van der Waals surface area (Å²) in [6.07, 6.45) is 0.0910. The van der Waals surface area contributed by atoms with Crippen LogP contribution < -0.4 is 9.64 Å². The van der Waals surface area contributed by atoms with Crippen LogP contribution in [-0.4, -0.2) is 51.7 Å². The number of carbonyl (C=O) groups is 4. The molecule has 3 fully saturated rings. The van der Waals surface area contributed by atoms with E-state index >= 15 is 0 Å². The van der Waals surface area contributed by atoms with E-state index in [-0.39, 0.29) is 12.3 Å². The molecule has 0 bridgehead atoms. The molecule has 3 saturated heterocycles. The van der Waals surface area contributed by atoms with Crippen molar-refractivity contribution in [2.24, 2.45) is 11.8 Å². The van der Waals surface area contributed by atoms with E-state index < -0.39 is 46.8 Å². The molecule has 0 aliphatic carbocycles. The molecule has 0 radical (unpaired) electrons. The van der Waals surface area contributed by atoms with Crippen LogP contribution in [0.15, 0.2) is 83.3 Å². The first-order valence-corrected chi connectivity index (χ1v) is 14.3. The maximum atomic E-state index is 14.8. The van der Waals surface area contributed by atoms with E-state index in [0.29, 0.717) is 21.5 Å². The van der Waals surface area contributed by atoms with Gasteiger partial charge in [0.2, 0.25) is 11.8 Å². The maximum Gasteiger partial charge on any atom is 0.332 e. The van der Waals surface area contributed by atoms with Gasteiger partial charge in [0.15, 0.2) is 0 Å². The minimum Gasteiger partial charge on any atom is -0.497 e. The molecule has 210 valence electrons. The first-order chi connectivity index (χ1) is 19.5. The van der Waals surface area contributed by atoms with E-state index in [4.69, 9.17) is 4.74 Å². The number of hydrogen-bond acceptors (Lipinski definition) is 5. The molecular formula is C32H30BrN3O5. The summed E-state index contributed by atoms with van der Waals surface area (Å²) in [5.41, 5.74) is -0.575. The lowest BCUT2D eigenvalue weighted by Gasteiger charge is -2.38. The molecule has 9 heteroatoms. The summed E-state index contributed by atoms with van der Waals surface area (Å²) >= 11 is 3.45. The number of nitrogens with zero attached hydrogens (tertiary/aromatic N) is 3. The van der Waals surface area contributed by atoms with E-state index in [1.807, 2.05) is 57.2 Å². The van der Waals surface area contributed by atoms with Crippen LogP contribution in [0.4, 0.5) is 10.5 Å². The molecule has 3 aromatic carbocycles. The van der Waals surface area contributed by atoms with Crippen molar-refractivity contribution in [2.45, 2.75) is 44.3 Å². The number of hydrogen-bond donors (Lipinski definition) is 0. The van der Waals surface area contributed by atoms with Gasteiger partial charge in [-0.15, -0.1) is 0 Å². The van der Waals surface area contributed by atoms with Crippen molar-refractivity contribution in [2.75, 3.05) is 12.0 Å². The number of fused-ring (bicyclic) bond motifs is 3. The van der Waals surface area contributed by atoms with Crippen LogP contribution in [0.5, 0.6) is 5.75 Å². The molecule has 0 spiro atoms. The molecule has 0 aromatic heterocycles. The monoisotopic (exact) mass is 615 g/mol. The molecule has 5 amide bonds. The van der Waals surface area contributed by atoms with Crippen LogP contribution in [0.3, 0.4) is 0 Å². The van der Waals surface area contributed by atoms with Gasteiger partial charge in [0, 0.05) is 16.4 Å². The highest BCUT2D eigenvalue weighted by Crippen LogP contribution is 2.60. The Morgan fingerprint density at radius 2 is 1.56 bits per heavy atom. The number of amides is 5. The zero-order chi connectivity index (χ0) is 29.3. The topological polar surface area (TPSA) is 87.2 Å². The second-order valence-electron chi connectivity index (χ2n) is 11.8. The van der Waals surface area contributed by atoms with Gasteiger partial charge >= 0.3 is 6.03 Å². The SMILES string of the molecule is COc1ccc(C2C3C(=O)N(C(C)(C)C)C(=O)C3[C@]3(Cc4ccccc4)C(=O)N(c4cccc(Br)c4)C(=O)N23)cc1. The number of likely N-dealkylation sites (tertiary alicyclic amines) is 1. The van der Waals surface area contributed by atoms with Gasteiger partial charge in [-0.2, -0.15) is 0 Å². The van der Waals surface area contributed by atoms with Crippen molar-refractivity contribution < 1.29 is 23.9 Å². The standard InChI is InChI=1S/C32H30BrN3O5/c1-31(2,3)36-27(37)24-25(28(36)38)32(18-19-9-6-5-7-10-19)29(39)34(22-12-8-11-21(33)17-22)30(40)35(32)26(24)20-13-15-23(41-4)16-14-20/h5-17,24-26H,18H2,1-4H3/t24?,25?,26?,32-/m1/s1. The van der Waals surface area contributed by atoms with Gasteiger partial charge in [0.25, 0.3) is 5.91 Å². The molecule has 0 N–H and O–H groups in total. The molecule has 0 saturated carbocycles. The van der Waals surface area contributed by atoms with Gasteiger partial charge in [-0.3, -0.25) is 19.3 Å². The lowest BCUT2D eigenvalue weighted by Crippen LogP contribution is -2.57. The third-order valence-corrected chi connectivity index (χ3v) is 8.89. The summed E-state index contributed by atoms with van der Waals surface area (Å²) < 4.78 is 6.06. The van der Waals surface area contributed by atoms with Gasteiger partial charge in [0.1, 0.15) is 11.3 Å². The number of rotatable bonds is 5. The van der Waals surface area contributed by atoms with Crippen molar-refractivity contribution in [3.05, 3.63) is 94.5 Å². The molecule has 6 rings (SSSR count). The zero-order valence-electron chi connectivity index (χ0n) is 23.2. The highest BCUT2D eigenvalue weighted by atomic mass is 79.9. The lowest BCUT2D eigenvalue weighted by atomic mass is 9.75. The Morgan fingerprint density at radius 1 is 0.878 bits per heavy atom. The number of benzene rings is 3. The fraction of sp³-hybridized carbons (Fsp3) is 0.312. The Labute approximate surface area is 247 Å². The number of imide groups is 2. The molecule has 41 heavy (non-hydrogen) atoms. The van der Waals surface area contributed by atoms with Crippen molar-refractivity contribution in [3.63, 3.8) is 0 Å². The molecule has 3 aromatic rings. The van der Waals surface area contributed by atoms with Gasteiger partial charge in [-0.05, 0) is 62.2 Å². The van der Waals surface area contributed by atoms with Crippen LogP contribution >= 0.6 is 15.9 Å². The number of ether oxygens (including phenoxy) is 1. The molecule has 3 unspecified atom stereocenters. The molecular weight excluding hydrogens is 586 g/mol. The Balaban J connectivity index is 1.62. The van der Waals surface area contributed by atoms with Crippen molar-refractivity contribution in [1.82, 2.24) is 9.80 Å². The second kappa shape index (κ2) is 9.55. The van der Waals surface area contributed by atoms with Gasteiger partial charge in [-0.1, -0.05) is 64.5 Å².